The summed E-state index contributed by atoms with van der Waals surface area (Å²) in [5.74, 6) is 3.31. The van der Waals surface area contributed by atoms with Gasteiger partial charge in [0.2, 0.25) is 0 Å². The van der Waals surface area contributed by atoms with Crippen LogP contribution in [0.25, 0.3) is 67.5 Å². The van der Waals surface area contributed by atoms with Gasteiger partial charge in [0.15, 0.2) is 17.5 Å². The molecule has 1 heterocycles. The lowest BCUT2D eigenvalue weighted by Gasteiger charge is -2.39. The maximum absolute atomic E-state index is 12.7. The van der Waals surface area contributed by atoms with Crippen LogP contribution in [0.15, 0.2) is 182 Å². The topological polar surface area (TPSA) is 55.7 Å². The molecule has 2 aliphatic carbocycles. The zero-order valence-corrected chi connectivity index (χ0v) is 34.4. The molecule has 5 heteroatoms. The van der Waals surface area contributed by atoms with Gasteiger partial charge < -0.3 is 4.57 Å². The molecule has 3 unspecified atom stereocenters. The standard InChI is InChI=1S/C54H46N3OP/c1-59(2,58)50-32-27-42(28-33-50)46-14-9-15-48(35-46)54(36-37-16-29-49(54)34-37)47-30-25-45(26-31-47)53-56-51(43-12-7-4-8-13-43)55-52(57-53)44-23-21-41(22-24-44)40-19-17-39(18-20-40)38-10-5-3-6-11-38/h3-15,17-28,30-33,35,37,49H,16,29,34,36H2,1-2H3. The van der Waals surface area contributed by atoms with E-state index < -0.39 is 7.14 Å². The van der Waals surface area contributed by atoms with E-state index in [0.717, 1.165) is 51.0 Å². The molecule has 0 spiro atoms. The predicted octanol–water partition coefficient (Wildman–Crippen LogP) is 13.2. The summed E-state index contributed by atoms with van der Waals surface area (Å²) in [5, 5.41) is 0.919. The molecule has 7 aromatic carbocycles. The predicted molar refractivity (Wildman–Crippen MR) is 244 cm³/mol. The molecular formula is C54H46N3OP. The minimum absolute atomic E-state index is 0.0526. The van der Waals surface area contributed by atoms with Gasteiger partial charge in [-0.25, -0.2) is 15.0 Å². The third-order valence-corrected chi connectivity index (χ3v) is 14.4. The largest absolute Gasteiger partial charge is 0.319 e. The molecule has 2 bridgehead atoms. The Morgan fingerprint density at radius 3 is 1.36 bits per heavy atom. The van der Waals surface area contributed by atoms with E-state index in [1.165, 1.54) is 47.1 Å². The number of nitrogens with zero attached hydrogens (tertiary/aromatic N) is 3. The lowest BCUT2D eigenvalue weighted by atomic mass is 9.64. The molecule has 2 fully saturated rings. The number of hydrogen-bond donors (Lipinski definition) is 0. The van der Waals surface area contributed by atoms with Crippen molar-refractivity contribution in [2.75, 3.05) is 13.3 Å². The maximum atomic E-state index is 12.7. The lowest BCUT2D eigenvalue weighted by Crippen LogP contribution is -2.34. The van der Waals surface area contributed by atoms with Crippen molar-refractivity contribution < 1.29 is 4.57 Å². The van der Waals surface area contributed by atoms with Gasteiger partial charge in [-0.1, -0.05) is 188 Å². The molecule has 59 heavy (non-hydrogen) atoms. The molecule has 10 rings (SSSR count). The fraction of sp³-hybridized carbons (Fsp3) is 0.167. The Hall–Kier alpha value is -6.22. The second-order valence-corrected chi connectivity index (χ2v) is 20.0. The van der Waals surface area contributed by atoms with Crippen LogP contribution in [0.5, 0.6) is 0 Å². The van der Waals surface area contributed by atoms with Crippen LogP contribution in [0.4, 0.5) is 0 Å². The second kappa shape index (κ2) is 15.2. The van der Waals surface area contributed by atoms with Gasteiger partial charge in [-0.2, -0.15) is 0 Å². The van der Waals surface area contributed by atoms with Gasteiger partial charge in [-0.15, -0.1) is 0 Å². The number of fused-ring (bicyclic) bond motifs is 2. The first-order valence-corrected chi connectivity index (χ1v) is 23.4. The van der Waals surface area contributed by atoms with Gasteiger partial charge in [-0.3, -0.25) is 0 Å². The monoisotopic (exact) mass is 783 g/mol. The average Bonchev–Trinajstić information content (AvgIpc) is 3.93. The first-order chi connectivity index (χ1) is 28.8. The minimum Gasteiger partial charge on any atom is -0.319 e. The van der Waals surface area contributed by atoms with Gasteiger partial charge >= 0.3 is 0 Å². The van der Waals surface area contributed by atoms with Crippen LogP contribution in [0, 0.1) is 11.8 Å². The zero-order chi connectivity index (χ0) is 40.0. The molecule has 3 atom stereocenters. The summed E-state index contributed by atoms with van der Waals surface area (Å²) in [4.78, 5) is 15.2. The Morgan fingerprint density at radius 1 is 0.441 bits per heavy atom. The number of hydrogen-bond acceptors (Lipinski definition) is 4. The van der Waals surface area contributed by atoms with E-state index >= 15 is 0 Å². The van der Waals surface area contributed by atoms with Crippen LogP contribution in [-0.4, -0.2) is 28.3 Å². The molecule has 288 valence electrons. The Kier molecular flexibility index (Phi) is 9.54. The van der Waals surface area contributed by atoms with E-state index in [1.807, 2.05) is 49.7 Å². The van der Waals surface area contributed by atoms with Crippen LogP contribution >= 0.6 is 7.14 Å². The second-order valence-electron chi connectivity index (χ2n) is 16.8. The highest BCUT2D eigenvalue weighted by molar-refractivity contribution is 7.70. The normalized spacial score (nSPS) is 18.5. The maximum Gasteiger partial charge on any atom is 0.164 e. The minimum atomic E-state index is -2.31. The molecule has 4 nitrogen and oxygen atoms in total. The number of benzene rings is 7. The highest BCUT2D eigenvalue weighted by atomic mass is 31.2. The van der Waals surface area contributed by atoms with Gasteiger partial charge in [0.25, 0.3) is 0 Å². The molecule has 0 aliphatic heterocycles. The third kappa shape index (κ3) is 7.17. The van der Waals surface area contributed by atoms with Crippen LogP contribution in [0.1, 0.15) is 36.8 Å². The Bertz CT molecular complexity index is 2800. The van der Waals surface area contributed by atoms with Gasteiger partial charge in [0.1, 0.15) is 7.14 Å². The van der Waals surface area contributed by atoms with E-state index in [1.54, 1.807) is 0 Å². The SMILES string of the molecule is CP(C)(=O)c1ccc(-c2cccc(C3(c4ccc(-c5nc(-c6ccccc6)nc(-c6ccc(-c7ccc(-c8ccccc8)cc7)cc6)n5)cc4)CC4CCC3C4)c2)cc1. The molecule has 8 aromatic rings. The Balaban J connectivity index is 0.983. The van der Waals surface area contributed by atoms with Crippen molar-refractivity contribution in [1.29, 1.82) is 0 Å². The summed E-state index contributed by atoms with van der Waals surface area (Å²) in [6.45, 7) is 3.67. The van der Waals surface area contributed by atoms with Gasteiger partial charge in [-0.05, 0) is 88.9 Å². The fourth-order valence-corrected chi connectivity index (χ4v) is 10.6. The summed E-state index contributed by atoms with van der Waals surface area (Å²) in [6.07, 6.45) is 5.01. The molecule has 0 saturated heterocycles. The Labute approximate surface area is 347 Å². The van der Waals surface area contributed by atoms with Crippen molar-refractivity contribution in [2.24, 2.45) is 11.8 Å². The van der Waals surface area contributed by atoms with Crippen molar-refractivity contribution >= 4 is 12.4 Å². The molecule has 2 saturated carbocycles. The molecule has 0 N–H and O–H groups in total. The highest BCUT2D eigenvalue weighted by Crippen LogP contribution is 2.60. The summed E-state index contributed by atoms with van der Waals surface area (Å²) in [7, 11) is -2.31. The summed E-state index contributed by atoms with van der Waals surface area (Å²) >= 11 is 0. The van der Waals surface area contributed by atoms with E-state index in [9.17, 15) is 4.57 Å². The van der Waals surface area contributed by atoms with E-state index in [-0.39, 0.29) is 5.41 Å². The smallest absolute Gasteiger partial charge is 0.164 e. The van der Waals surface area contributed by atoms with Gasteiger partial charge in [0.05, 0.1) is 0 Å². The number of rotatable bonds is 9. The summed E-state index contributed by atoms with van der Waals surface area (Å²) in [6, 6.07) is 64.5. The van der Waals surface area contributed by atoms with Crippen molar-refractivity contribution in [3.8, 4) is 67.5 Å². The van der Waals surface area contributed by atoms with E-state index in [4.69, 9.17) is 15.0 Å². The first kappa shape index (κ1) is 37.1. The molecule has 0 radical (unpaired) electrons. The first-order valence-electron chi connectivity index (χ1n) is 20.8. The van der Waals surface area contributed by atoms with Crippen LogP contribution in [0.3, 0.4) is 0 Å². The quantitative estimate of drug-likeness (QED) is 0.137. The molecular weight excluding hydrogens is 738 g/mol. The fourth-order valence-electron chi connectivity index (χ4n) is 9.76. The third-order valence-electron chi connectivity index (χ3n) is 12.8. The van der Waals surface area contributed by atoms with Gasteiger partial charge in [0, 0.05) is 27.4 Å². The van der Waals surface area contributed by atoms with Crippen LogP contribution in [0.2, 0.25) is 0 Å². The number of aromatic nitrogens is 3. The van der Waals surface area contributed by atoms with Crippen molar-refractivity contribution in [3.63, 3.8) is 0 Å². The van der Waals surface area contributed by atoms with Crippen molar-refractivity contribution in [3.05, 3.63) is 193 Å². The zero-order valence-electron chi connectivity index (χ0n) is 33.5. The van der Waals surface area contributed by atoms with Crippen molar-refractivity contribution in [1.82, 2.24) is 15.0 Å². The molecule has 1 aromatic heterocycles. The summed E-state index contributed by atoms with van der Waals surface area (Å²) < 4.78 is 12.7. The van der Waals surface area contributed by atoms with Crippen molar-refractivity contribution in [2.45, 2.75) is 31.1 Å². The average molecular weight is 784 g/mol. The van der Waals surface area contributed by atoms with Crippen LogP contribution < -0.4 is 5.30 Å². The molecule has 2 aliphatic rings. The highest BCUT2D eigenvalue weighted by Gasteiger charge is 2.52. The molecule has 0 amide bonds. The Morgan fingerprint density at radius 2 is 0.864 bits per heavy atom. The lowest BCUT2D eigenvalue weighted by molar-refractivity contribution is 0.320. The van der Waals surface area contributed by atoms with E-state index in [0.29, 0.717) is 23.4 Å². The summed E-state index contributed by atoms with van der Waals surface area (Å²) in [5.41, 5.74) is 12.7. The van der Waals surface area contributed by atoms with Crippen LogP contribution in [-0.2, 0) is 9.98 Å². The van der Waals surface area contributed by atoms with E-state index in [2.05, 4.69) is 146 Å².